The molecule has 332 valence electrons. The van der Waals surface area contributed by atoms with Gasteiger partial charge in [0, 0.05) is 70.8 Å². The van der Waals surface area contributed by atoms with Crippen LogP contribution in [0.5, 0.6) is 0 Å². The summed E-state index contributed by atoms with van der Waals surface area (Å²) in [7, 11) is 0. The molecule has 0 aliphatic carbocycles. The minimum atomic E-state index is -0.430. The zero-order chi connectivity index (χ0) is 45.5. The van der Waals surface area contributed by atoms with Crippen LogP contribution in [0.2, 0.25) is 0 Å². The number of thiazole rings is 2. The minimum absolute atomic E-state index is 0.0826. The van der Waals surface area contributed by atoms with E-state index >= 15 is 0 Å². The second-order valence-corrected chi connectivity index (χ2v) is 17.9. The normalized spacial score (nSPS) is 14.6. The van der Waals surface area contributed by atoms with E-state index < -0.39 is 11.6 Å². The lowest BCUT2D eigenvalue weighted by Crippen LogP contribution is -2.53. The van der Waals surface area contributed by atoms with Gasteiger partial charge in [0.25, 0.3) is 11.8 Å². The van der Waals surface area contributed by atoms with Gasteiger partial charge in [-0.05, 0) is 69.1 Å². The fourth-order valence-electron chi connectivity index (χ4n) is 6.50. The van der Waals surface area contributed by atoms with Crippen LogP contribution < -0.4 is 21.7 Å². The van der Waals surface area contributed by atoms with Crippen LogP contribution in [-0.4, -0.2) is 112 Å². The van der Waals surface area contributed by atoms with Gasteiger partial charge in [-0.15, -0.1) is 22.7 Å². The summed E-state index contributed by atoms with van der Waals surface area (Å²) in [4.78, 5) is 84.2. The van der Waals surface area contributed by atoms with Crippen molar-refractivity contribution in [3.8, 4) is 0 Å². The average Bonchev–Trinajstić information content (AvgIpc) is 3.76. The van der Waals surface area contributed by atoms with Gasteiger partial charge in [0.1, 0.15) is 21.0 Å². The van der Waals surface area contributed by atoms with Gasteiger partial charge in [-0.1, -0.05) is 0 Å². The smallest absolute Gasteiger partial charge is 0.274 e. The zero-order valence-corrected chi connectivity index (χ0v) is 37.5. The molecule has 3 amide bonds. The Labute approximate surface area is 373 Å². The third kappa shape index (κ3) is 11.9. The van der Waals surface area contributed by atoms with Crippen molar-refractivity contribution in [2.75, 3.05) is 49.9 Å². The number of nitrogens with zero attached hydrogens (tertiary/aromatic N) is 10. The topological polar surface area (TPSA) is 240 Å². The number of rotatable bonds is 11. The van der Waals surface area contributed by atoms with Crippen molar-refractivity contribution in [1.82, 2.24) is 55.0 Å². The molecule has 0 radical (unpaired) electrons. The van der Waals surface area contributed by atoms with E-state index in [1.807, 2.05) is 27.7 Å². The molecule has 5 N–H and O–H groups in total. The number of nitrogens with one attached hydrogen (secondary N) is 3. The molecule has 0 unspecified atom stereocenters. The number of likely N-dealkylation sites (tertiary alicyclic amines) is 2. The summed E-state index contributed by atoms with van der Waals surface area (Å²) in [5.74, 6) is -0.195. The maximum atomic E-state index is 13.5. The van der Waals surface area contributed by atoms with Crippen molar-refractivity contribution in [2.45, 2.75) is 53.6 Å². The highest BCUT2D eigenvalue weighted by molar-refractivity contribution is 7.19. The van der Waals surface area contributed by atoms with Crippen LogP contribution in [0.25, 0.3) is 20.7 Å². The van der Waals surface area contributed by atoms with Gasteiger partial charge in [-0.25, -0.2) is 28.7 Å². The van der Waals surface area contributed by atoms with E-state index in [-0.39, 0.29) is 52.9 Å². The van der Waals surface area contributed by atoms with Crippen LogP contribution in [0.1, 0.15) is 81.9 Å². The molecule has 0 aromatic carbocycles. The number of anilines is 2. The summed E-state index contributed by atoms with van der Waals surface area (Å²) in [5, 5.41) is 10.2. The Morgan fingerprint density at radius 1 is 0.730 bits per heavy atom. The van der Waals surface area contributed by atoms with E-state index in [0.717, 1.165) is 22.4 Å². The van der Waals surface area contributed by atoms with Crippen molar-refractivity contribution >= 4 is 89.8 Å². The van der Waals surface area contributed by atoms with Crippen LogP contribution in [0.15, 0.2) is 36.9 Å². The molecule has 63 heavy (non-hydrogen) atoms. The number of pyridine rings is 2. The third-order valence-corrected chi connectivity index (χ3v) is 11.7. The van der Waals surface area contributed by atoms with Gasteiger partial charge in [-0.3, -0.25) is 29.1 Å². The Hall–Kier alpha value is -5.97. The van der Waals surface area contributed by atoms with E-state index in [9.17, 15) is 28.0 Å². The first kappa shape index (κ1) is 46.5. The second kappa shape index (κ2) is 20.5. The van der Waals surface area contributed by atoms with Gasteiger partial charge in [-0.2, -0.15) is 9.97 Å². The first-order valence-corrected chi connectivity index (χ1v) is 21.7. The first-order chi connectivity index (χ1) is 30.0. The number of fused-ring (bicyclic) bond motifs is 2. The molecule has 2 atom stereocenters. The van der Waals surface area contributed by atoms with E-state index in [1.165, 1.54) is 48.7 Å². The summed E-state index contributed by atoms with van der Waals surface area (Å²) >= 11 is 7.40. The molecule has 2 fully saturated rings. The second-order valence-electron chi connectivity index (χ2n) is 15.0. The monoisotopic (exact) mass is 922 g/mol. The van der Waals surface area contributed by atoms with Crippen LogP contribution in [0.3, 0.4) is 0 Å². The summed E-state index contributed by atoms with van der Waals surface area (Å²) in [6.07, 6.45) is 5.42. The van der Waals surface area contributed by atoms with Gasteiger partial charge >= 0.3 is 0 Å². The molecule has 2 aliphatic rings. The lowest BCUT2D eigenvalue weighted by molar-refractivity contribution is -0.119. The Balaban J connectivity index is 0.000000194. The number of aromatic nitrogens is 8. The van der Waals surface area contributed by atoms with E-state index in [1.54, 1.807) is 22.2 Å². The lowest BCUT2D eigenvalue weighted by Gasteiger charge is -2.39. The number of hydrogen-bond donors (Lipinski definition) is 4. The molecule has 2 saturated heterocycles. The summed E-state index contributed by atoms with van der Waals surface area (Å²) in [6, 6.07) is 2.16. The van der Waals surface area contributed by atoms with Crippen LogP contribution in [0, 0.1) is 37.3 Å². The maximum Gasteiger partial charge on any atom is 0.274 e. The summed E-state index contributed by atoms with van der Waals surface area (Å²) in [5.41, 5.74) is 8.49. The number of hydrogen-bond acceptors (Lipinski definition) is 17. The predicted octanol–water partition coefficient (Wildman–Crippen LogP) is 5.21. The standard InChI is InChI=1S/C20H22FN7O2S.C18H20FN7OS.C2H3ClO/c1-10(14-4-15(21)7-22-6-14)24-20-26-16(17-18(27-20)25-12(3)31-17)19(30)28-8-13(9-28)5-23-11(2)29;1-9(12-3-13(19)6-21-5-12)22-18-24-14(15-16(25-18)23-10(2)28-15)17(27)26-7-11(4-20)8-26;1-2(3)4/h4,6-7,10,13H,5,8-9H2,1-3H3,(H,23,29)(H,24,26,27);3,5-6,9,11H,4,7-8,20H2,1-2H3,(H,22,24,25);1H3/t10-;9-;/m00./s1. The molecular formula is C40H45ClF2N14O4S2. The van der Waals surface area contributed by atoms with Crippen molar-refractivity contribution in [3.63, 3.8) is 0 Å². The molecule has 6 aromatic rings. The quantitative estimate of drug-likeness (QED) is 0.122. The number of amides is 3. The van der Waals surface area contributed by atoms with Gasteiger partial charge < -0.3 is 31.5 Å². The molecule has 2 aliphatic heterocycles. The molecule has 8 heterocycles. The number of carbonyl (C=O) groups excluding carboxylic acids is 4. The Bertz CT molecular complexity index is 2640. The average molecular weight is 923 g/mol. The van der Waals surface area contributed by atoms with Crippen LogP contribution >= 0.6 is 34.3 Å². The predicted molar refractivity (Wildman–Crippen MR) is 235 cm³/mol. The molecule has 6 aromatic heterocycles. The van der Waals surface area contributed by atoms with E-state index in [4.69, 9.17) is 5.73 Å². The molecular weight excluding hydrogens is 878 g/mol. The largest absolute Gasteiger partial charge is 0.356 e. The summed E-state index contributed by atoms with van der Waals surface area (Å²) in [6.45, 7) is 13.6. The molecule has 0 bridgehead atoms. The van der Waals surface area contributed by atoms with E-state index in [2.05, 4.69) is 67.4 Å². The molecule has 18 nitrogen and oxygen atoms in total. The summed E-state index contributed by atoms with van der Waals surface area (Å²) < 4.78 is 28.3. The number of aryl methyl sites for hydroxylation is 2. The Morgan fingerprint density at radius 2 is 1.14 bits per heavy atom. The van der Waals surface area contributed by atoms with Crippen molar-refractivity contribution < 1.29 is 28.0 Å². The fraction of sp³-hybridized carbons (Fsp3) is 0.400. The SMILES string of the molecule is CC(=O)Cl.CC(=O)NCC1CN(C(=O)c2nc(N[C@@H](C)c3cncc(F)c3)nc3nc(C)sc23)C1.Cc1nc2nc(N[C@@H](C)c3cncc(F)c3)nc(C(=O)N3CC(CN)C3)c2s1. The lowest BCUT2D eigenvalue weighted by atomic mass is 9.99. The van der Waals surface area contributed by atoms with Crippen molar-refractivity contribution in [1.29, 1.82) is 0 Å². The van der Waals surface area contributed by atoms with Crippen LogP contribution in [0.4, 0.5) is 20.7 Å². The molecule has 23 heteroatoms. The number of nitrogens with two attached hydrogens (primary N) is 1. The zero-order valence-electron chi connectivity index (χ0n) is 35.1. The van der Waals surface area contributed by atoms with Crippen molar-refractivity contribution in [3.05, 3.63) is 81.1 Å². The van der Waals surface area contributed by atoms with Gasteiger partial charge in [0.05, 0.1) is 34.5 Å². The molecule has 0 spiro atoms. The van der Waals surface area contributed by atoms with Gasteiger partial charge in [0.2, 0.25) is 23.0 Å². The minimum Gasteiger partial charge on any atom is -0.356 e. The Kier molecular flexibility index (Phi) is 15.1. The van der Waals surface area contributed by atoms with Crippen molar-refractivity contribution in [2.24, 2.45) is 17.6 Å². The number of carbonyl (C=O) groups is 4. The highest BCUT2D eigenvalue weighted by atomic mass is 35.5. The highest BCUT2D eigenvalue weighted by Crippen LogP contribution is 2.30. The third-order valence-electron chi connectivity index (χ3n) is 9.73. The van der Waals surface area contributed by atoms with E-state index in [0.29, 0.717) is 88.4 Å². The van der Waals surface area contributed by atoms with Gasteiger partial charge in [0.15, 0.2) is 22.7 Å². The molecule has 0 saturated carbocycles. The fourth-order valence-corrected chi connectivity index (χ4v) is 8.18. The van der Waals surface area contributed by atoms with Crippen LogP contribution in [-0.2, 0) is 9.59 Å². The maximum absolute atomic E-state index is 13.5. The number of halogens is 3. The molecule has 8 rings (SSSR count). The highest BCUT2D eigenvalue weighted by Gasteiger charge is 2.35. The Morgan fingerprint density at radius 3 is 1.52 bits per heavy atom. The first-order valence-electron chi connectivity index (χ1n) is 19.7.